The van der Waals surface area contributed by atoms with Crippen molar-refractivity contribution in [1.82, 2.24) is 10.6 Å². The van der Waals surface area contributed by atoms with Crippen molar-refractivity contribution in [3.05, 3.63) is 0 Å². The predicted molar refractivity (Wildman–Crippen MR) is 57.2 cm³/mol. The molecule has 1 heterocycles. The average molecular weight is 284 g/mol. The highest BCUT2D eigenvalue weighted by Gasteiger charge is 2.61. The van der Waals surface area contributed by atoms with Crippen molar-refractivity contribution in [2.24, 2.45) is 5.41 Å². The van der Waals surface area contributed by atoms with Gasteiger partial charge in [-0.1, -0.05) is 0 Å². The number of carboxylic acid groups (broad SMARTS) is 1. The molecular formula is C10H15F3N2O4. The molecule has 0 spiro atoms. The Labute approximate surface area is 107 Å². The Morgan fingerprint density at radius 2 is 2.05 bits per heavy atom. The van der Waals surface area contributed by atoms with Crippen LogP contribution < -0.4 is 10.6 Å². The molecule has 1 fully saturated rings. The minimum Gasteiger partial charge on any atom is -0.479 e. The van der Waals surface area contributed by atoms with Gasteiger partial charge in [0.25, 0.3) is 0 Å². The van der Waals surface area contributed by atoms with Crippen molar-refractivity contribution in [2.75, 3.05) is 19.6 Å². The van der Waals surface area contributed by atoms with E-state index in [9.17, 15) is 22.8 Å². The number of aliphatic hydroxyl groups is 1. The Balaban J connectivity index is 2.58. The van der Waals surface area contributed by atoms with Gasteiger partial charge in [-0.25, -0.2) is 4.79 Å². The molecule has 0 aromatic rings. The number of carbonyl (C=O) groups excluding carboxylic acids is 1. The van der Waals surface area contributed by atoms with E-state index in [1.165, 1.54) is 0 Å². The number of nitrogens with one attached hydrogen (secondary N) is 2. The molecule has 110 valence electrons. The van der Waals surface area contributed by atoms with Crippen LogP contribution in [0.3, 0.4) is 0 Å². The smallest absolute Gasteiger partial charge is 0.404 e. The maximum atomic E-state index is 12.9. The SMILES string of the molecule is O=C(O)C(O)CCNC(=O)C1(C(F)(F)F)CCNC1. The third-order valence-corrected chi connectivity index (χ3v) is 3.12. The van der Waals surface area contributed by atoms with Crippen molar-refractivity contribution >= 4 is 11.9 Å². The Morgan fingerprint density at radius 3 is 2.47 bits per heavy atom. The summed E-state index contributed by atoms with van der Waals surface area (Å²) in [7, 11) is 0. The summed E-state index contributed by atoms with van der Waals surface area (Å²) in [5.41, 5.74) is -2.47. The summed E-state index contributed by atoms with van der Waals surface area (Å²) in [5.74, 6) is -2.68. The van der Waals surface area contributed by atoms with Crippen LogP contribution in [-0.4, -0.2) is 54.0 Å². The summed E-state index contributed by atoms with van der Waals surface area (Å²) in [4.78, 5) is 22.0. The van der Waals surface area contributed by atoms with Gasteiger partial charge < -0.3 is 20.8 Å². The quantitative estimate of drug-likeness (QED) is 0.544. The molecule has 1 aliphatic heterocycles. The zero-order chi connectivity index (χ0) is 14.7. The molecule has 0 aromatic carbocycles. The normalized spacial score (nSPS) is 25.1. The fraction of sp³-hybridized carbons (Fsp3) is 0.800. The fourth-order valence-corrected chi connectivity index (χ4v) is 1.87. The Morgan fingerprint density at radius 1 is 1.42 bits per heavy atom. The first-order chi connectivity index (χ1) is 8.71. The van der Waals surface area contributed by atoms with E-state index in [0.717, 1.165) is 0 Å². The number of hydrogen-bond acceptors (Lipinski definition) is 4. The van der Waals surface area contributed by atoms with Crippen LogP contribution in [0.1, 0.15) is 12.8 Å². The van der Waals surface area contributed by atoms with Crippen LogP contribution in [0.25, 0.3) is 0 Å². The van der Waals surface area contributed by atoms with Gasteiger partial charge in [0.05, 0.1) is 0 Å². The van der Waals surface area contributed by atoms with Crippen LogP contribution in [0.5, 0.6) is 0 Å². The van der Waals surface area contributed by atoms with Gasteiger partial charge in [-0.2, -0.15) is 13.2 Å². The largest absolute Gasteiger partial charge is 0.479 e. The van der Waals surface area contributed by atoms with Crippen LogP contribution in [0.4, 0.5) is 13.2 Å². The van der Waals surface area contributed by atoms with E-state index in [1.807, 2.05) is 5.32 Å². The molecule has 6 nitrogen and oxygen atoms in total. The highest BCUT2D eigenvalue weighted by atomic mass is 19.4. The first kappa shape index (κ1) is 15.7. The molecule has 1 rings (SSSR count). The number of hydrogen-bond donors (Lipinski definition) is 4. The second kappa shape index (κ2) is 5.74. The molecule has 4 N–H and O–H groups in total. The number of rotatable bonds is 5. The van der Waals surface area contributed by atoms with Gasteiger partial charge in [0, 0.05) is 19.5 Å². The lowest BCUT2D eigenvalue weighted by molar-refractivity contribution is -0.216. The summed E-state index contributed by atoms with van der Waals surface area (Å²) in [6.07, 6.45) is -7.08. The summed E-state index contributed by atoms with van der Waals surface area (Å²) < 4.78 is 38.8. The van der Waals surface area contributed by atoms with E-state index in [0.29, 0.717) is 0 Å². The second-order valence-corrected chi connectivity index (χ2v) is 4.41. The summed E-state index contributed by atoms with van der Waals surface area (Å²) in [6, 6.07) is 0. The zero-order valence-corrected chi connectivity index (χ0v) is 9.96. The van der Waals surface area contributed by atoms with Gasteiger partial charge in [-0.3, -0.25) is 4.79 Å². The zero-order valence-electron chi connectivity index (χ0n) is 9.96. The van der Waals surface area contributed by atoms with Crippen molar-refractivity contribution in [1.29, 1.82) is 0 Å². The molecule has 19 heavy (non-hydrogen) atoms. The molecule has 2 atom stereocenters. The molecular weight excluding hydrogens is 269 g/mol. The Bertz CT molecular complexity index is 353. The Kier molecular flexibility index (Phi) is 4.75. The molecule has 1 saturated heterocycles. The summed E-state index contributed by atoms with van der Waals surface area (Å²) >= 11 is 0. The first-order valence-electron chi connectivity index (χ1n) is 5.67. The highest BCUT2D eigenvalue weighted by molar-refractivity contribution is 5.84. The standard InChI is InChI=1S/C10H15F3N2O4/c11-10(12,13)9(2-4-14-5-9)8(19)15-3-1-6(16)7(17)18/h6,14,16H,1-5H2,(H,15,19)(H,17,18). The topological polar surface area (TPSA) is 98.7 Å². The average Bonchev–Trinajstić information content (AvgIpc) is 2.77. The van der Waals surface area contributed by atoms with Crippen LogP contribution >= 0.6 is 0 Å². The first-order valence-corrected chi connectivity index (χ1v) is 5.67. The third-order valence-electron chi connectivity index (χ3n) is 3.12. The van der Waals surface area contributed by atoms with Gasteiger partial charge in [-0.15, -0.1) is 0 Å². The summed E-state index contributed by atoms with van der Waals surface area (Å²) in [5, 5.41) is 21.9. The van der Waals surface area contributed by atoms with Crippen molar-refractivity contribution in [3.8, 4) is 0 Å². The van der Waals surface area contributed by atoms with E-state index >= 15 is 0 Å². The van der Waals surface area contributed by atoms with E-state index < -0.39 is 36.1 Å². The van der Waals surface area contributed by atoms with E-state index in [1.54, 1.807) is 0 Å². The molecule has 2 unspecified atom stereocenters. The van der Waals surface area contributed by atoms with E-state index in [4.69, 9.17) is 10.2 Å². The number of carbonyl (C=O) groups is 2. The number of alkyl halides is 3. The van der Waals surface area contributed by atoms with E-state index in [-0.39, 0.29) is 25.9 Å². The number of aliphatic hydroxyl groups excluding tert-OH is 1. The predicted octanol–water partition coefficient (Wildman–Crippen LogP) is -0.520. The van der Waals surface area contributed by atoms with Crippen molar-refractivity contribution < 1.29 is 33.0 Å². The molecule has 0 aromatic heterocycles. The number of aliphatic carboxylic acids is 1. The lowest BCUT2D eigenvalue weighted by atomic mass is 9.85. The molecule has 0 radical (unpaired) electrons. The van der Waals surface area contributed by atoms with Gasteiger partial charge in [0.15, 0.2) is 11.5 Å². The van der Waals surface area contributed by atoms with Gasteiger partial charge >= 0.3 is 12.1 Å². The number of halogens is 3. The monoisotopic (exact) mass is 284 g/mol. The molecule has 0 bridgehead atoms. The van der Waals surface area contributed by atoms with Crippen LogP contribution in [0.15, 0.2) is 0 Å². The fourth-order valence-electron chi connectivity index (χ4n) is 1.87. The van der Waals surface area contributed by atoms with Gasteiger partial charge in [-0.05, 0) is 13.0 Å². The highest BCUT2D eigenvalue weighted by Crippen LogP contribution is 2.43. The van der Waals surface area contributed by atoms with Gasteiger partial charge in [0.2, 0.25) is 5.91 Å². The minimum absolute atomic E-state index is 0.0880. The lowest BCUT2D eigenvalue weighted by Crippen LogP contribution is -2.52. The van der Waals surface area contributed by atoms with Gasteiger partial charge in [0.1, 0.15) is 0 Å². The van der Waals surface area contributed by atoms with Crippen LogP contribution in [0, 0.1) is 5.41 Å². The maximum absolute atomic E-state index is 12.9. The molecule has 0 saturated carbocycles. The molecule has 9 heteroatoms. The minimum atomic E-state index is -4.67. The van der Waals surface area contributed by atoms with Crippen LogP contribution in [-0.2, 0) is 9.59 Å². The molecule has 0 aliphatic carbocycles. The lowest BCUT2D eigenvalue weighted by Gasteiger charge is -2.29. The summed E-state index contributed by atoms with van der Waals surface area (Å²) in [6.45, 7) is -0.737. The van der Waals surface area contributed by atoms with Crippen molar-refractivity contribution in [2.45, 2.75) is 25.1 Å². The second-order valence-electron chi connectivity index (χ2n) is 4.41. The van der Waals surface area contributed by atoms with E-state index in [2.05, 4.69) is 5.32 Å². The number of amides is 1. The van der Waals surface area contributed by atoms with Crippen LogP contribution in [0.2, 0.25) is 0 Å². The molecule has 1 amide bonds. The van der Waals surface area contributed by atoms with Crippen molar-refractivity contribution in [3.63, 3.8) is 0 Å². The Hall–Kier alpha value is -1.35. The maximum Gasteiger partial charge on any atom is 0.404 e. The third kappa shape index (κ3) is 3.35. The molecule has 1 aliphatic rings. The number of carboxylic acids is 1.